The van der Waals surface area contributed by atoms with E-state index in [1.807, 2.05) is 0 Å². The van der Waals surface area contributed by atoms with Crippen molar-refractivity contribution in [2.24, 2.45) is 0 Å². The van der Waals surface area contributed by atoms with Gasteiger partial charge in [-0.05, 0) is 32.4 Å². The molecule has 2 saturated heterocycles. The van der Waals surface area contributed by atoms with Crippen molar-refractivity contribution in [3.8, 4) is 0 Å². The molecule has 0 aromatic rings. The Morgan fingerprint density at radius 2 is 2.00 bits per heavy atom. The standard InChI is InChI=1S/C13H25N3O3S/c1-15(12-5-10-20(18,19)11-12)13(17)14-6-9-16-7-3-2-4-8-16/h12H,2-11H2,1H3,(H,14,17). The van der Waals surface area contributed by atoms with Gasteiger partial charge in [-0.25, -0.2) is 13.2 Å². The summed E-state index contributed by atoms with van der Waals surface area (Å²) in [5.41, 5.74) is 0. The van der Waals surface area contributed by atoms with Crippen LogP contribution in [0.1, 0.15) is 25.7 Å². The Hall–Kier alpha value is -0.820. The van der Waals surface area contributed by atoms with Crippen LogP contribution in [0, 0.1) is 0 Å². The number of rotatable bonds is 4. The summed E-state index contributed by atoms with van der Waals surface area (Å²) < 4.78 is 22.8. The maximum absolute atomic E-state index is 12.0. The van der Waals surface area contributed by atoms with Crippen LogP contribution in [0.4, 0.5) is 4.79 Å². The summed E-state index contributed by atoms with van der Waals surface area (Å²) in [6, 6.07) is -0.334. The molecular formula is C13H25N3O3S. The van der Waals surface area contributed by atoms with Gasteiger partial charge in [0, 0.05) is 26.2 Å². The molecule has 2 heterocycles. The first-order valence-corrected chi connectivity index (χ1v) is 9.23. The Balaban J connectivity index is 1.69. The van der Waals surface area contributed by atoms with Crippen LogP contribution in [0.15, 0.2) is 0 Å². The number of carbonyl (C=O) groups excluding carboxylic acids is 1. The lowest BCUT2D eigenvalue weighted by Gasteiger charge is -2.28. The molecule has 2 aliphatic heterocycles. The molecule has 0 aromatic carbocycles. The predicted octanol–water partition coefficient (Wildman–Crippen LogP) is 0.301. The van der Waals surface area contributed by atoms with E-state index in [1.54, 1.807) is 11.9 Å². The molecule has 2 rings (SSSR count). The van der Waals surface area contributed by atoms with Crippen LogP contribution >= 0.6 is 0 Å². The minimum atomic E-state index is -2.94. The van der Waals surface area contributed by atoms with Crippen LogP contribution in [0.3, 0.4) is 0 Å². The van der Waals surface area contributed by atoms with Gasteiger partial charge in [-0.1, -0.05) is 6.42 Å². The van der Waals surface area contributed by atoms with Gasteiger partial charge in [0.05, 0.1) is 11.5 Å². The molecule has 2 amide bonds. The molecule has 0 saturated carbocycles. The van der Waals surface area contributed by atoms with Gasteiger partial charge >= 0.3 is 6.03 Å². The topological polar surface area (TPSA) is 69.7 Å². The number of carbonyl (C=O) groups is 1. The molecular weight excluding hydrogens is 278 g/mol. The molecule has 0 aliphatic carbocycles. The van der Waals surface area contributed by atoms with E-state index in [9.17, 15) is 13.2 Å². The largest absolute Gasteiger partial charge is 0.337 e. The van der Waals surface area contributed by atoms with Gasteiger partial charge < -0.3 is 15.1 Å². The number of nitrogens with zero attached hydrogens (tertiary/aromatic N) is 2. The highest BCUT2D eigenvalue weighted by Crippen LogP contribution is 2.16. The van der Waals surface area contributed by atoms with Gasteiger partial charge in [0.1, 0.15) is 0 Å². The third-order valence-electron chi connectivity index (χ3n) is 4.23. The third kappa shape index (κ3) is 4.34. The molecule has 0 bridgehead atoms. The minimum absolute atomic E-state index is 0.100. The second-order valence-corrected chi connectivity index (χ2v) is 8.03. The Labute approximate surface area is 121 Å². The summed E-state index contributed by atoms with van der Waals surface area (Å²) in [6.07, 6.45) is 4.35. The van der Waals surface area contributed by atoms with Crippen molar-refractivity contribution in [3.05, 3.63) is 0 Å². The number of hydrogen-bond acceptors (Lipinski definition) is 4. The van der Waals surface area contributed by atoms with Crippen molar-refractivity contribution in [1.82, 2.24) is 15.1 Å². The van der Waals surface area contributed by atoms with Crippen LogP contribution in [-0.2, 0) is 9.84 Å². The number of amides is 2. The first-order valence-electron chi connectivity index (χ1n) is 7.41. The summed E-state index contributed by atoms with van der Waals surface area (Å²) in [6.45, 7) is 3.74. The predicted molar refractivity (Wildman–Crippen MR) is 78.5 cm³/mol. The SMILES string of the molecule is CN(C(=O)NCCN1CCCCC1)C1CCS(=O)(=O)C1. The molecule has 2 fully saturated rings. The summed E-state index contributed by atoms with van der Waals surface area (Å²) >= 11 is 0. The van der Waals surface area contributed by atoms with E-state index < -0.39 is 9.84 Å². The van der Waals surface area contributed by atoms with E-state index in [2.05, 4.69) is 10.2 Å². The number of sulfone groups is 1. The van der Waals surface area contributed by atoms with Crippen LogP contribution < -0.4 is 5.32 Å². The lowest BCUT2D eigenvalue weighted by Crippen LogP contribution is -2.46. The second kappa shape index (κ2) is 6.76. The van der Waals surface area contributed by atoms with Gasteiger partial charge in [0.25, 0.3) is 0 Å². The Morgan fingerprint density at radius 3 is 2.60 bits per heavy atom. The van der Waals surface area contributed by atoms with Crippen molar-refractivity contribution in [3.63, 3.8) is 0 Å². The van der Waals surface area contributed by atoms with Crippen LogP contribution in [0.25, 0.3) is 0 Å². The van der Waals surface area contributed by atoms with Gasteiger partial charge in [-0.2, -0.15) is 0 Å². The fraction of sp³-hybridized carbons (Fsp3) is 0.923. The zero-order valence-electron chi connectivity index (χ0n) is 12.2. The van der Waals surface area contributed by atoms with E-state index in [1.165, 1.54) is 19.3 Å². The van der Waals surface area contributed by atoms with Crippen molar-refractivity contribution >= 4 is 15.9 Å². The summed E-state index contributed by atoms with van der Waals surface area (Å²) in [4.78, 5) is 15.9. The van der Waals surface area contributed by atoms with E-state index in [-0.39, 0.29) is 23.6 Å². The molecule has 116 valence electrons. The minimum Gasteiger partial charge on any atom is -0.337 e. The average Bonchev–Trinajstić information content (AvgIpc) is 2.79. The number of urea groups is 1. The third-order valence-corrected chi connectivity index (χ3v) is 5.98. The summed E-state index contributed by atoms with van der Waals surface area (Å²) in [7, 11) is -1.26. The summed E-state index contributed by atoms with van der Waals surface area (Å²) in [5.74, 6) is 0.298. The van der Waals surface area contributed by atoms with E-state index in [4.69, 9.17) is 0 Å². The van der Waals surface area contributed by atoms with Crippen molar-refractivity contribution < 1.29 is 13.2 Å². The smallest absolute Gasteiger partial charge is 0.317 e. The number of nitrogens with one attached hydrogen (secondary N) is 1. The number of hydrogen-bond donors (Lipinski definition) is 1. The zero-order valence-corrected chi connectivity index (χ0v) is 13.0. The average molecular weight is 303 g/mol. The fourth-order valence-corrected chi connectivity index (χ4v) is 4.65. The highest BCUT2D eigenvalue weighted by atomic mass is 32.2. The number of piperidine rings is 1. The quantitative estimate of drug-likeness (QED) is 0.811. The summed E-state index contributed by atoms with van der Waals surface area (Å²) in [5, 5.41) is 2.88. The lowest BCUT2D eigenvalue weighted by molar-refractivity contribution is 0.189. The van der Waals surface area contributed by atoms with Crippen molar-refractivity contribution in [2.75, 3.05) is 44.7 Å². The van der Waals surface area contributed by atoms with Gasteiger partial charge in [-0.3, -0.25) is 0 Å². The maximum Gasteiger partial charge on any atom is 0.317 e. The van der Waals surface area contributed by atoms with Crippen LogP contribution in [0.2, 0.25) is 0 Å². The molecule has 1 unspecified atom stereocenters. The molecule has 0 spiro atoms. The first-order chi connectivity index (χ1) is 9.48. The second-order valence-electron chi connectivity index (χ2n) is 5.80. The maximum atomic E-state index is 12.0. The van der Waals surface area contributed by atoms with E-state index >= 15 is 0 Å². The zero-order chi connectivity index (χ0) is 14.6. The first kappa shape index (κ1) is 15.6. The molecule has 1 N–H and O–H groups in total. The molecule has 2 aliphatic rings. The normalized spacial score (nSPS) is 26.4. The van der Waals surface area contributed by atoms with Gasteiger partial charge in [-0.15, -0.1) is 0 Å². The Morgan fingerprint density at radius 1 is 1.30 bits per heavy atom. The van der Waals surface area contributed by atoms with Gasteiger partial charge in [0.2, 0.25) is 0 Å². The monoisotopic (exact) mass is 303 g/mol. The van der Waals surface area contributed by atoms with Gasteiger partial charge in [0.15, 0.2) is 9.84 Å². The van der Waals surface area contributed by atoms with Crippen LogP contribution in [0.5, 0.6) is 0 Å². The van der Waals surface area contributed by atoms with Crippen molar-refractivity contribution in [1.29, 1.82) is 0 Å². The Kier molecular flexibility index (Phi) is 5.26. The van der Waals surface area contributed by atoms with Crippen LogP contribution in [-0.4, -0.2) is 75.0 Å². The molecule has 20 heavy (non-hydrogen) atoms. The number of likely N-dealkylation sites (tertiary alicyclic amines) is 1. The fourth-order valence-electron chi connectivity index (χ4n) is 2.88. The lowest BCUT2D eigenvalue weighted by atomic mass is 10.1. The Bertz CT molecular complexity index is 432. The molecule has 0 aromatic heterocycles. The highest BCUT2D eigenvalue weighted by Gasteiger charge is 2.32. The van der Waals surface area contributed by atoms with Crippen molar-refractivity contribution in [2.45, 2.75) is 31.7 Å². The van der Waals surface area contributed by atoms with E-state index in [0.717, 1.165) is 19.6 Å². The molecule has 7 heteroatoms. The highest BCUT2D eigenvalue weighted by molar-refractivity contribution is 7.91. The van der Waals surface area contributed by atoms with E-state index in [0.29, 0.717) is 13.0 Å². The molecule has 0 radical (unpaired) electrons. The molecule has 6 nitrogen and oxygen atoms in total. The molecule has 1 atom stereocenters.